The minimum Gasteiger partial charge on any atom is -0.464 e. The second kappa shape index (κ2) is 5.13. The third kappa shape index (κ3) is 3.41. The lowest BCUT2D eigenvalue weighted by atomic mass is 10.2. The molecule has 0 bridgehead atoms. The van der Waals surface area contributed by atoms with Crippen LogP contribution in [0.25, 0.3) is 0 Å². The molecule has 9 heteroatoms. The zero-order valence-corrected chi connectivity index (χ0v) is 8.99. The first kappa shape index (κ1) is 13.4. The van der Waals surface area contributed by atoms with Crippen molar-refractivity contribution in [2.75, 3.05) is 13.7 Å². The molecule has 2 N–H and O–H groups in total. The van der Waals surface area contributed by atoms with Crippen molar-refractivity contribution >= 4 is 5.97 Å². The number of ether oxygens (including phenoxy) is 1. The van der Waals surface area contributed by atoms with Gasteiger partial charge >= 0.3 is 12.1 Å². The Morgan fingerprint density at radius 3 is 2.65 bits per heavy atom. The van der Waals surface area contributed by atoms with Gasteiger partial charge in [0.2, 0.25) is 0 Å². The number of esters is 1. The van der Waals surface area contributed by atoms with E-state index < -0.39 is 18.7 Å². The monoisotopic (exact) mass is 252 g/mol. The van der Waals surface area contributed by atoms with Crippen molar-refractivity contribution in [1.82, 2.24) is 15.0 Å². The van der Waals surface area contributed by atoms with Crippen molar-refractivity contribution in [2.45, 2.75) is 19.1 Å². The first-order chi connectivity index (χ1) is 7.89. The summed E-state index contributed by atoms with van der Waals surface area (Å²) in [6.07, 6.45) is -4.38. The molecule has 0 unspecified atom stereocenters. The van der Waals surface area contributed by atoms with Crippen molar-refractivity contribution in [1.29, 1.82) is 0 Å². The van der Waals surface area contributed by atoms with Gasteiger partial charge < -0.3 is 10.5 Å². The van der Waals surface area contributed by atoms with Gasteiger partial charge in [-0.15, -0.1) is 5.10 Å². The van der Waals surface area contributed by atoms with Crippen LogP contribution in [0.4, 0.5) is 13.2 Å². The number of hydrogen-bond acceptors (Lipinski definition) is 5. The van der Waals surface area contributed by atoms with Gasteiger partial charge in [-0.3, -0.25) is 0 Å². The number of carbonyl (C=O) groups excluding carboxylic acids is 1. The Labute approximate surface area is 94.5 Å². The van der Waals surface area contributed by atoms with Crippen LogP contribution in [-0.4, -0.2) is 40.8 Å². The predicted molar refractivity (Wildman–Crippen MR) is 50.2 cm³/mol. The van der Waals surface area contributed by atoms with Gasteiger partial charge in [-0.05, 0) is 6.54 Å². The van der Waals surface area contributed by atoms with E-state index in [1.54, 1.807) is 0 Å². The Morgan fingerprint density at radius 2 is 2.18 bits per heavy atom. The van der Waals surface area contributed by atoms with Gasteiger partial charge in [0.15, 0.2) is 5.69 Å². The molecule has 0 aliphatic rings. The summed E-state index contributed by atoms with van der Waals surface area (Å²) in [6.45, 7) is -1.23. The van der Waals surface area contributed by atoms with Crippen LogP contribution in [0.3, 0.4) is 0 Å². The Morgan fingerprint density at radius 1 is 1.53 bits per heavy atom. The normalized spacial score (nSPS) is 11.6. The maximum Gasteiger partial charge on any atom is 0.408 e. The van der Waals surface area contributed by atoms with Gasteiger partial charge in [-0.25, -0.2) is 9.48 Å². The Kier molecular flexibility index (Phi) is 4.05. The fourth-order valence-electron chi connectivity index (χ4n) is 1.27. The van der Waals surface area contributed by atoms with E-state index in [1.165, 1.54) is 0 Å². The maximum absolute atomic E-state index is 12.2. The van der Waals surface area contributed by atoms with Crippen LogP contribution in [-0.2, 0) is 17.7 Å². The highest BCUT2D eigenvalue weighted by Gasteiger charge is 2.31. The van der Waals surface area contributed by atoms with E-state index in [2.05, 4.69) is 15.0 Å². The lowest BCUT2D eigenvalue weighted by Gasteiger charge is -2.09. The number of rotatable bonds is 4. The maximum atomic E-state index is 12.2. The average Bonchev–Trinajstić information content (AvgIpc) is 2.59. The number of alkyl halides is 3. The number of hydrogen-bond donors (Lipinski definition) is 1. The minimum absolute atomic E-state index is 0.0247. The SMILES string of the molecule is COC(=O)c1nnn(CC(F)(F)F)c1CCN. The van der Waals surface area contributed by atoms with Gasteiger partial charge in [0.1, 0.15) is 6.54 Å². The van der Waals surface area contributed by atoms with E-state index in [9.17, 15) is 18.0 Å². The molecule has 0 aliphatic carbocycles. The van der Waals surface area contributed by atoms with Crippen molar-refractivity contribution in [3.05, 3.63) is 11.4 Å². The lowest BCUT2D eigenvalue weighted by Crippen LogP contribution is -2.22. The summed E-state index contributed by atoms with van der Waals surface area (Å²) >= 11 is 0. The average molecular weight is 252 g/mol. The largest absolute Gasteiger partial charge is 0.464 e. The predicted octanol–water partition coefficient (Wildman–Crippen LogP) is 0.128. The molecule has 96 valence electrons. The molecular formula is C8H11F3N4O2. The highest BCUT2D eigenvalue weighted by Crippen LogP contribution is 2.19. The van der Waals surface area contributed by atoms with E-state index in [0.717, 1.165) is 7.11 Å². The van der Waals surface area contributed by atoms with Crippen LogP contribution in [0.15, 0.2) is 0 Å². The van der Waals surface area contributed by atoms with E-state index in [0.29, 0.717) is 4.68 Å². The van der Waals surface area contributed by atoms with Gasteiger partial charge in [0, 0.05) is 6.42 Å². The van der Waals surface area contributed by atoms with Crippen molar-refractivity contribution in [2.24, 2.45) is 5.73 Å². The number of carbonyl (C=O) groups is 1. The fourth-order valence-corrected chi connectivity index (χ4v) is 1.27. The van der Waals surface area contributed by atoms with E-state index in [4.69, 9.17) is 5.73 Å². The molecule has 0 fully saturated rings. The molecule has 0 spiro atoms. The Balaban J connectivity index is 3.06. The highest BCUT2D eigenvalue weighted by molar-refractivity contribution is 5.88. The zero-order valence-electron chi connectivity index (χ0n) is 8.99. The molecule has 1 rings (SSSR count). The molecule has 1 heterocycles. The molecule has 0 atom stereocenters. The molecule has 0 aromatic carbocycles. The van der Waals surface area contributed by atoms with E-state index >= 15 is 0 Å². The first-order valence-electron chi connectivity index (χ1n) is 4.66. The van der Waals surface area contributed by atoms with Gasteiger partial charge in [0.25, 0.3) is 0 Å². The summed E-state index contributed by atoms with van der Waals surface area (Å²) in [4.78, 5) is 11.2. The molecule has 0 amide bonds. The number of halogens is 3. The van der Waals surface area contributed by atoms with E-state index in [-0.39, 0.29) is 24.4 Å². The zero-order chi connectivity index (χ0) is 13.1. The third-order valence-corrected chi connectivity index (χ3v) is 1.93. The number of methoxy groups -OCH3 is 1. The molecule has 17 heavy (non-hydrogen) atoms. The van der Waals surface area contributed by atoms with Gasteiger partial charge in [-0.2, -0.15) is 13.2 Å². The highest BCUT2D eigenvalue weighted by atomic mass is 19.4. The molecule has 1 aromatic rings. The standard InChI is InChI=1S/C8H11F3N4O2/c1-17-7(16)6-5(2-3-12)15(14-13-6)4-8(9,10)11/h2-4,12H2,1H3. The first-order valence-corrected chi connectivity index (χ1v) is 4.66. The van der Waals surface area contributed by atoms with Crippen LogP contribution in [0.5, 0.6) is 0 Å². The smallest absolute Gasteiger partial charge is 0.408 e. The van der Waals surface area contributed by atoms with Crippen LogP contribution < -0.4 is 5.73 Å². The topological polar surface area (TPSA) is 83.0 Å². The lowest BCUT2D eigenvalue weighted by molar-refractivity contribution is -0.143. The summed E-state index contributed by atoms with van der Waals surface area (Å²) in [6, 6.07) is 0. The Bertz CT molecular complexity index is 402. The quantitative estimate of drug-likeness (QED) is 0.770. The fraction of sp³-hybridized carbons (Fsp3) is 0.625. The van der Waals surface area contributed by atoms with Gasteiger partial charge in [-0.1, -0.05) is 5.21 Å². The second-order valence-electron chi connectivity index (χ2n) is 3.19. The summed E-state index contributed by atoms with van der Waals surface area (Å²) in [5.41, 5.74) is 5.05. The Hall–Kier alpha value is -1.64. The van der Waals surface area contributed by atoms with Crippen LogP contribution in [0.1, 0.15) is 16.2 Å². The molecule has 0 radical (unpaired) electrons. The van der Waals surface area contributed by atoms with Crippen molar-refractivity contribution < 1.29 is 22.7 Å². The second-order valence-corrected chi connectivity index (χ2v) is 3.19. The molecule has 0 saturated heterocycles. The number of nitrogens with zero attached hydrogens (tertiary/aromatic N) is 3. The third-order valence-electron chi connectivity index (χ3n) is 1.93. The van der Waals surface area contributed by atoms with Gasteiger partial charge in [0.05, 0.1) is 12.8 Å². The molecule has 1 aromatic heterocycles. The van der Waals surface area contributed by atoms with Crippen LogP contribution >= 0.6 is 0 Å². The molecule has 0 saturated carbocycles. The molecular weight excluding hydrogens is 241 g/mol. The number of nitrogens with two attached hydrogens (primary N) is 1. The van der Waals surface area contributed by atoms with E-state index in [1.807, 2.05) is 0 Å². The minimum atomic E-state index is -4.44. The van der Waals surface area contributed by atoms with Crippen LogP contribution in [0.2, 0.25) is 0 Å². The summed E-state index contributed by atoms with van der Waals surface area (Å²) < 4.78 is 41.7. The number of aromatic nitrogens is 3. The summed E-state index contributed by atoms with van der Waals surface area (Å²) in [7, 11) is 1.11. The van der Waals surface area contributed by atoms with Crippen molar-refractivity contribution in [3.8, 4) is 0 Å². The molecule has 6 nitrogen and oxygen atoms in total. The summed E-state index contributed by atoms with van der Waals surface area (Å²) in [5.74, 6) is -0.832. The molecule has 0 aliphatic heterocycles. The van der Waals surface area contributed by atoms with Crippen LogP contribution in [0, 0.1) is 0 Å². The summed E-state index contributed by atoms with van der Waals surface area (Å²) in [5, 5.41) is 6.65. The van der Waals surface area contributed by atoms with Crippen molar-refractivity contribution in [3.63, 3.8) is 0 Å².